The number of aromatic nitrogens is 2. The van der Waals surface area contributed by atoms with Crippen LogP contribution in [-0.2, 0) is 4.79 Å². The molecule has 0 radical (unpaired) electrons. The molecule has 1 aliphatic heterocycles. The van der Waals surface area contributed by atoms with Gasteiger partial charge in [-0.25, -0.2) is 4.39 Å². The fraction of sp³-hybridized carbons (Fsp3) is 0.226. The third-order valence-corrected chi connectivity index (χ3v) is 7.47. The number of carbonyl (C=O) groups is 2. The number of benzene rings is 3. The molecular formula is C31H29ClFN5O2. The molecule has 5 rings (SSSR count). The van der Waals surface area contributed by atoms with Gasteiger partial charge in [-0.3, -0.25) is 9.59 Å². The largest absolute Gasteiger partial charge is 0.352 e. The van der Waals surface area contributed by atoms with E-state index >= 15 is 0 Å². The molecule has 2 amide bonds. The summed E-state index contributed by atoms with van der Waals surface area (Å²) in [7, 11) is 0. The summed E-state index contributed by atoms with van der Waals surface area (Å²) in [5.74, 6) is -0.323. The molecule has 0 N–H and O–H groups in total. The van der Waals surface area contributed by atoms with Crippen LogP contribution < -0.4 is 4.90 Å². The maximum atomic E-state index is 13.9. The van der Waals surface area contributed by atoms with Crippen molar-refractivity contribution in [1.82, 2.24) is 20.0 Å². The Balaban J connectivity index is 1.25. The van der Waals surface area contributed by atoms with Crippen molar-refractivity contribution in [3.8, 4) is 11.3 Å². The van der Waals surface area contributed by atoms with E-state index in [0.29, 0.717) is 36.9 Å². The van der Waals surface area contributed by atoms with E-state index in [2.05, 4.69) is 15.1 Å². The van der Waals surface area contributed by atoms with E-state index in [-0.39, 0.29) is 24.1 Å². The molecule has 1 aromatic heterocycles. The van der Waals surface area contributed by atoms with Gasteiger partial charge < -0.3 is 14.7 Å². The molecule has 0 bridgehead atoms. The monoisotopic (exact) mass is 557 g/mol. The van der Waals surface area contributed by atoms with E-state index in [1.165, 1.54) is 23.1 Å². The minimum Gasteiger partial charge on any atom is -0.352 e. The summed E-state index contributed by atoms with van der Waals surface area (Å²) in [5, 5.41) is 9.36. The van der Waals surface area contributed by atoms with Crippen molar-refractivity contribution in [2.75, 3.05) is 37.6 Å². The first kappa shape index (κ1) is 27.3. The van der Waals surface area contributed by atoms with Crippen molar-refractivity contribution >= 4 is 29.2 Å². The van der Waals surface area contributed by atoms with E-state index in [9.17, 15) is 14.0 Å². The van der Waals surface area contributed by atoms with Crippen LogP contribution in [0.2, 0.25) is 5.02 Å². The fourth-order valence-corrected chi connectivity index (χ4v) is 5.05. The second kappa shape index (κ2) is 12.3. The Morgan fingerprint density at radius 3 is 2.30 bits per heavy atom. The summed E-state index contributed by atoms with van der Waals surface area (Å²) in [6.45, 7) is 3.89. The lowest BCUT2D eigenvalue weighted by Gasteiger charge is -2.37. The van der Waals surface area contributed by atoms with Gasteiger partial charge in [-0.15, -0.1) is 10.2 Å². The molecule has 3 aromatic carbocycles. The molecule has 0 aliphatic carbocycles. The normalized spacial score (nSPS) is 14.1. The standard InChI is InChI=1S/C31H29ClFN5O2/c1-22(23-8-3-2-4-9-23)38(31(40)24-10-7-11-25(33)20-24)21-30(39)37-18-16-36(17-19-37)29-15-14-28(34-35-29)26-12-5-6-13-27(26)32/h2-15,20,22H,16-19,21H2,1H3/t22-/m0/s1. The van der Waals surface area contributed by atoms with Crippen molar-refractivity contribution in [1.29, 1.82) is 0 Å². The topological polar surface area (TPSA) is 69.6 Å². The summed E-state index contributed by atoms with van der Waals surface area (Å²) >= 11 is 6.29. The lowest BCUT2D eigenvalue weighted by molar-refractivity contribution is -0.132. The number of nitrogens with zero attached hydrogens (tertiary/aromatic N) is 5. The number of anilines is 1. The molecule has 9 heteroatoms. The third-order valence-electron chi connectivity index (χ3n) is 7.14. The van der Waals surface area contributed by atoms with E-state index in [0.717, 1.165) is 16.9 Å². The average Bonchev–Trinajstić information content (AvgIpc) is 3.00. The number of amides is 2. The van der Waals surface area contributed by atoms with Crippen LogP contribution >= 0.6 is 11.6 Å². The Morgan fingerprint density at radius 2 is 1.62 bits per heavy atom. The first-order chi connectivity index (χ1) is 19.4. The van der Waals surface area contributed by atoms with Crippen LogP contribution in [0.4, 0.5) is 10.2 Å². The summed E-state index contributed by atoms with van der Waals surface area (Å²) in [4.78, 5) is 32.2. The first-order valence-corrected chi connectivity index (χ1v) is 13.5. The number of hydrogen-bond donors (Lipinski definition) is 0. The van der Waals surface area contributed by atoms with Gasteiger partial charge in [0.15, 0.2) is 5.82 Å². The lowest BCUT2D eigenvalue weighted by Crippen LogP contribution is -2.52. The van der Waals surface area contributed by atoms with Crippen LogP contribution in [0.15, 0.2) is 91.0 Å². The maximum Gasteiger partial charge on any atom is 0.254 e. The SMILES string of the molecule is C[C@@H](c1ccccc1)N(CC(=O)N1CCN(c2ccc(-c3ccccc3Cl)nn2)CC1)C(=O)c1cccc(F)c1. The Hall–Kier alpha value is -4.30. The predicted molar refractivity (Wildman–Crippen MR) is 154 cm³/mol. The molecule has 0 saturated carbocycles. The lowest BCUT2D eigenvalue weighted by atomic mass is 10.1. The average molecular weight is 558 g/mol. The minimum atomic E-state index is -0.497. The van der Waals surface area contributed by atoms with Gasteiger partial charge >= 0.3 is 0 Å². The van der Waals surface area contributed by atoms with Crippen LogP contribution in [0.1, 0.15) is 28.9 Å². The van der Waals surface area contributed by atoms with Gasteiger partial charge in [-0.05, 0) is 48.9 Å². The van der Waals surface area contributed by atoms with Crippen LogP contribution in [-0.4, -0.2) is 64.5 Å². The number of hydrogen-bond acceptors (Lipinski definition) is 5. The van der Waals surface area contributed by atoms with Gasteiger partial charge in [0, 0.05) is 37.3 Å². The fourth-order valence-electron chi connectivity index (χ4n) is 4.82. The highest BCUT2D eigenvalue weighted by atomic mass is 35.5. The van der Waals surface area contributed by atoms with E-state index in [1.54, 1.807) is 11.0 Å². The van der Waals surface area contributed by atoms with E-state index in [4.69, 9.17) is 11.6 Å². The molecule has 1 saturated heterocycles. The second-order valence-corrected chi connectivity index (χ2v) is 10.1. The summed E-state index contributed by atoms with van der Waals surface area (Å²) in [6, 6.07) is 26.0. The zero-order chi connectivity index (χ0) is 28.1. The Bertz CT molecular complexity index is 1480. The number of halogens is 2. The Kier molecular flexibility index (Phi) is 8.36. The van der Waals surface area contributed by atoms with Gasteiger partial charge in [0.25, 0.3) is 5.91 Å². The molecule has 2 heterocycles. The molecule has 1 fully saturated rings. The van der Waals surface area contributed by atoms with Crippen LogP contribution in [0, 0.1) is 5.82 Å². The first-order valence-electron chi connectivity index (χ1n) is 13.1. The Morgan fingerprint density at radius 1 is 0.900 bits per heavy atom. The summed E-state index contributed by atoms with van der Waals surface area (Å²) < 4.78 is 13.9. The molecule has 4 aromatic rings. The van der Waals surface area contributed by atoms with Crippen LogP contribution in [0.3, 0.4) is 0 Å². The molecule has 204 valence electrons. The quantitative estimate of drug-likeness (QED) is 0.301. The number of carbonyl (C=O) groups excluding carboxylic acids is 2. The van der Waals surface area contributed by atoms with Gasteiger partial charge in [-0.1, -0.05) is 66.2 Å². The summed E-state index contributed by atoms with van der Waals surface area (Å²) in [6.07, 6.45) is 0. The number of rotatable bonds is 7. The smallest absolute Gasteiger partial charge is 0.254 e. The molecule has 7 nitrogen and oxygen atoms in total. The highest BCUT2D eigenvalue weighted by Crippen LogP contribution is 2.27. The van der Waals surface area contributed by atoms with E-state index in [1.807, 2.05) is 73.7 Å². The Labute approximate surface area is 237 Å². The second-order valence-electron chi connectivity index (χ2n) is 9.65. The zero-order valence-electron chi connectivity index (χ0n) is 22.1. The van der Waals surface area contributed by atoms with Gasteiger partial charge in [0.1, 0.15) is 12.4 Å². The molecule has 40 heavy (non-hydrogen) atoms. The minimum absolute atomic E-state index is 0.113. The molecule has 0 unspecified atom stereocenters. The molecule has 1 aliphatic rings. The van der Waals surface area contributed by atoms with Crippen molar-refractivity contribution in [2.45, 2.75) is 13.0 Å². The highest BCUT2D eigenvalue weighted by molar-refractivity contribution is 6.33. The van der Waals surface area contributed by atoms with Crippen LogP contribution in [0.25, 0.3) is 11.3 Å². The maximum absolute atomic E-state index is 13.9. The molecule has 0 spiro atoms. The van der Waals surface area contributed by atoms with Gasteiger partial charge in [0.2, 0.25) is 5.91 Å². The third kappa shape index (κ3) is 6.13. The predicted octanol–water partition coefficient (Wildman–Crippen LogP) is 5.49. The van der Waals surface area contributed by atoms with E-state index < -0.39 is 11.7 Å². The zero-order valence-corrected chi connectivity index (χ0v) is 22.8. The highest BCUT2D eigenvalue weighted by Gasteiger charge is 2.29. The molecular weight excluding hydrogens is 529 g/mol. The van der Waals surface area contributed by atoms with Crippen molar-refractivity contribution in [3.63, 3.8) is 0 Å². The molecule has 1 atom stereocenters. The van der Waals surface area contributed by atoms with Crippen molar-refractivity contribution in [2.24, 2.45) is 0 Å². The summed E-state index contributed by atoms with van der Waals surface area (Å²) in [5.41, 5.74) is 2.61. The van der Waals surface area contributed by atoms with Crippen molar-refractivity contribution in [3.05, 3.63) is 113 Å². The number of piperazine rings is 1. The van der Waals surface area contributed by atoms with Gasteiger partial charge in [0.05, 0.1) is 16.8 Å². The van der Waals surface area contributed by atoms with Crippen molar-refractivity contribution < 1.29 is 14.0 Å². The van der Waals surface area contributed by atoms with Gasteiger partial charge in [-0.2, -0.15) is 0 Å². The van der Waals surface area contributed by atoms with Crippen LogP contribution in [0.5, 0.6) is 0 Å².